The molecule has 0 N–H and O–H groups in total. The molecule has 190 valence electrons. The highest BCUT2D eigenvalue weighted by Gasteiger charge is 2.25. The molecule has 1 fully saturated rings. The van der Waals surface area contributed by atoms with Crippen LogP contribution in [-0.4, -0.2) is 75.1 Å². The number of hydrogen-bond acceptors (Lipinski definition) is 8. The van der Waals surface area contributed by atoms with Crippen molar-refractivity contribution in [1.82, 2.24) is 9.88 Å². The molecule has 0 aliphatic carbocycles. The van der Waals surface area contributed by atoms with E-state index in [2.05, 4.69) is 23.7 Å². The predicted octanol–water partition coefficient (Wildman–Crippen LogP) is 4.60. The van der Waals surface area contributed by atoms with Crippen LogP contribution in [0, 0.1) is 0 Å². The largest absolute Gasteiger partial charge is 0.379 e. The van der Waals surface area contributed by atoms with E-state index >= 15 is 0 Å². The zero-order chi connectivity index (χ0) is 24.3. The Morgan fingerprint density at radius 2 is 1.91 bits per heavy atom. The van der Waals surface area contributed by atoms with Gasteiger partial charge in [0.1, 0.15) is 5.52 Å². The minimum absolute atomic E-state index is 0. The lowest BCUT2D eigenvalue weighted by atomic mass is 10.2. The van der Waals surface area contributed by atoms with Crippen LogP contribution in [0.2, 0.25) is 0 Å². The molecule has 0 saturated carbocycles. The van der Waals surface area contributed by atoms with Gasteiger partial charge >= 0.3 is 0 Å². The number of thioether (sulfide) groups is 1. The Balaban J connectivity index is 0.00000342. The number of ether oxygens (including phenoxy) is 1. The third-order valence-corrected chi connectivity index (χ3v) is 8.61. The zero-order valence-electron chi connectivity index (χ0n) is 20.0. The molecule has 2 aromatic carbocycles. The summed E-state index contributed by atoms with van der Waals surface area (Å²) in [6, 6.07) is 12.8. The van der Waals surface area contributed by atoms with Crippen LogP contribution >= 0.6 is 35.5 Å². The highest BCUT2D eigenvalue weighted by atomic mass is 35.5. The number of carbonyl (C=O) groups is 1. The molecule has 1 aliphatic heterocycles. The van der Waals surface area contributed by atoms with Gasteiger partial charge in [-0.3, -0.25) is 14.6 Å². The molecule has 2 heterocycles. The SMILES string of the molecule is CC(C)Sc1cccc(C(=O)N(CCN2CCOCC2)c2nc3c(S(C)(=O)=O)cccc3s2)c1.Cl. The van der Waals surface area contributed by atoms with Crippen molar-refractivity contribution in [3.05, 3.63) is 48.0 Å². The Morgan fingerprint density at radius 1 is 1.20 bits per heavy atom. The van der Waals surface area contributed by atoms with E-state index in [9.17, 15) is 13.2 Å². The predicted molar refractivity (Wildman–Crippen MR) is 146 cm³/mol. The summed E-state index contributed by atoms with van der Waals surface area (Å²) in [4.78, 5) is 23.6. The average molecular weight is 556 g/mol. The van der Waals surface area contributed by atoms with Gasteiger partial charge in [0.2, 0.25) is 0 Å². The van der Waals surface area contributed by atoms with Gasteiger partial charge in [0, 0.05) is 48.1 Å². The van der Waals surface area contributed by atoms with Gasteiger partial charge < -0.3 is 4.74 Å². The Hall–Kier alpha value is -1.69. The minimum atomic E-state index is -3.44. The highest BCUT2D eigenvalue weighted by molar-refractivity contribution is 7.99. The third-order valence-electron chi connectivity index (χ3n) is 5.44. The molecule has 0 bridgehead atoms. The number of benzene rings is 2. The maximum absolute atomic E-state index is 13.7. The number of sulfone groups is 1. The lowest BCUT2D eigenvalue weighted by Gasteiger charge is -2.29. The molecule has 0 spiro atoms. The Labute approximate surface area is 221 Å². The van der Waals surface area contributed by atoms with E-state index in [4.69, 9.17) is 4.74 Å². The number of hydrogen-bond donors (Lipinski definition) is 0. The van der Waals surface area contributed by atoms with E-state index in [0.717, 1.165) is 22.7 Å². The summed E-state index contributed by atoms with van der Waals surface area (Å²) >= 11 is 3.05. The molecule has 1 aliphatic rings. The minimum Gasteiger partial charge on any atom is -0.379 e. The Bertz CT molecular complexity index is 1270. The van der Waals surface area contributed by atoms with Crippen molar-refractivity contribution in [3.63, 3.8) is 0 Å². The quantitative estimate of drug-likeness (QED) is 0.376. The molecule has 1 saturated heterocycles. The lowest BCUT2D eigenvalue weighted by Crippen LogP contribution is -2.43. The Morgan fingerprint density at radius 3 is 2.60 bits per heavy atom. The maximum Gasteiger partial charge on any atom is 0.260 e. The summed E-state index contributed by atoms with van der Waals surface area (Å²) in [5.41, 5.74) is 1.01. The summed E-state index contributed by atoms with van der Waals surface area (Å²) in [6.07, 6.45) is 1.18. The number of fused-ring (bicyclic) bond motifs is 1. The molecule has 35 heavy (non-hydrogen) atoms. The fourth-order valence-electron chi connectivity index (χ4n) is 3.81. The topological polar surface area (TPSA) is 79.8 Å². The van der Waals surface area contributed by atoms with Gasteiger partial charge in [0.15, 0.2) is 15.0 Å². The van der Waals surface area contributed by atoms with E-state index in [1.807, 2.05) is 30.3 Å². The second-order valence-corrected chi connectivity index (χ2v) is 13.1. The molecule has 1 amide bonds. The fourth-order valence-corrected chi connectivity index (χ4v) is 6.62. The normalized spacial score (nSPS) is 14.7. The second-order valence-electron chi connectivity index (χ2n) is 8.48. The molecule has 3 aromatic rings. The number of amides is 1. The van der Waals surface area contributed by atoms with Crippen LogP contribution in [-0.2, 0) is 14.6 Å². The number of morpholine rings is 1. The summed E-state index contributed by atoms with van der Waals surface area (Å²) in [6.45, 7) is 8.38. The summed E-state index contributed by atoms with van der Waals surface area (Å²) in [5, 5.41) is 0.910. The van der Waals surface area contributed by atoms with Crippen molar-refractivity contribution in [3.8, 4) is 0 Å². The van der Waals surface area contributed by atoms with Crippen molar-refractivity contribution in [2.24, 2.45) is 0 Å². The lowest BCUT2D eigenvalue weighted by molar-refractivity contribution is 0.0391. The monoisotopic (exact) mass is 555 g/mol. The van der Waals surface area contributed by atoms with Gasteiger partial charge in [-0.15, -0.1) is 24.2 Å². The molecule has 0 radical (unpaired) electrons. The number of carbonyl (C=O) groups excluding carboxylic acids is 1. The van der Waals surface area contributed by atoms with Crippen LogP contribution in [0.25, 0.3) is 10.2 Å². The van der Waals surface area contributed by atoms with E-state index in [0.29, 0.717) is 47.8 Å². The first-order valence-electron chi connectivity index (χ1n) is 11.2. The van der Waals surface area contributed by atoms with Crippen LogP contribution in [0.4, 0.5) is 5.13 Å². The van der Waals surface area contributed by atoms with Crippen LogP contribution < -0.4 is 4.90 Å². The fraction of sp³-hybridized carbons (Fsp3) is 0.417. The van der Waals surface area contributed by atoms with E-state index < -0.39 is 9.84 Å². The summed E-state index contributed by atoms with van der Waals surface area (Å²) < 4.78 is 30.8. The van der Waals surface area contributed by atoms with Gasteiger partial charge in [-0.05, 0) is 30.3 Å². The third kappa shape index (κ3) is 6.96. The number of rotatable bonds is 8. The molecule has 1 aromatic heterocycles. The second kappa shape index (κ2) is 12.0. The van der Waals surface area contributed by atoms with Crippen LogP contribution in [0.1, 0.15) is 24.2 Å². The van der Waals surface area contributed by atoms with E-state index in [-0.39, 0.29) is 23.2 Å². The molecule has 0 atom stereocenters. The number of nitrogens with zero attached hydrogens (tertiary/aromatic N) is 3. The van der Waals surface area contributed by atoms with Crippen LogP contribution in [0.5, 0.6) is 0 Å². The van der Waals surface area contributed by atoms with Gasteiger partial charge in [-0.2, -0.15) is 0 Å². The number of anilines is 1. The Kier molecular flexibility index (Phi) is 9.59. The van der Waals surface area contributed by atoms with Crippen molar-refractivity contribution >= 4 is 66.6 Å². The first-order valence-corrected chi connectivity index (χ1v) is 14.8. The van der Waals surface area contributed by atoms with Crippen LogP contribution in [0.15, 0.2) is 52.3 Å². The summed E-state index contributed by atoms with van der Waals surface area (Å²) in [7, 11) is -3.44. The van der Waals surface area contributed by atoms with Crippen LogP contribution in [0.3, 0.4) is 0 Å². The standard InChI is InChI=1S/C24H29N3O4S3.ClH/c1-17(2)32-19-7-4-6-18(16-19)23(28)27(11-10-26-12-14-31-15-13-26)24-25-22-20(33-24)8-5-9-21(22)34(3,29)30;/h4-9,16-17H,10-15H2,1-3H3;1H. The van der Waals surface area contributed by atoms with Crippen molar-refractivity contribution in [2.75, 3.05) is 50.5 Å². The van der Waals surface area contributed by atoms with E-state index in [1.165, 1.54) is 17.6 Å². The number of para-hydroxylation sites is 1. The first kappa shape index (κ1) is 27.9. The van der Waals surface area contributed by atoms with Gasteiger partial charge in [0.05, 0.1) is 22.8 Å². The van der Waals surface area contributed by atoms with Gasteiger partial charge in [0.25, 0.3) is 5.91 Å². The molecular weight excluding hydrogens is 526 g/mol. The smallest absolute Gasteiger partial charge is 0.260 e. The van der Waals surface area contributed by atoms with E-state index in [1.54, 1.807) is 28.8 Å². The highest BCUT2D eigenvalue weighted by Crippen LogP contribution is 2.33. The first-order chi connectivity index (χ1) is 16.2. The molecule has 7 nitrogen and oxygen atoms in total. The molecule has 0 unspecified atom stereocenters. The number of aromatic nitrogens is 1. The van der Waals surface area contributed by atoms with Crippen molar-refractivity contribution in [1.29, 1.82) is 0 Å². The zero-order valence-corrected chi connectivity index (χ0v) is 23.2. The van der Waals surface area contributed by atoms with Crippen molar-refractivity contribution < 1.29 is 17.9 Å². The number of thiazole rings is 1. The molecule has 4 rings (SSSR count). The van der Waals surface area contributed by atoms with Gasteiger partial charge in [-0.25, -0.2) is 13.4 Å². The van der Waals surface area contributed by atoms with Gasteiger partial charge in [-0.1, -0.05) is 37.3 Å². The average Bonchev–Trinajstić information content (AvgIpc) is 3.22. The number of halogens is 1. The molecular formula is C24H30ClN3O4S3. The van der Waals surface area contributed by atoms with Crippen molar-refractivity contribution in [2.45, 2.75) is 28.9 Å². The maximum atomic E-state index is 13.7. The molecule has 11 heteroatoms. The summed E-state index contributed by atoms with van der Waals surface area (Å²) in [5.74, 6) is -0.139.